The zero-order valence-corrected chi connectivity index (χ0v) is 15.2. The van der Waals surface area contributed by atoms with Gasteiger partial charge in [0.2, 0.25) is 0 Å². The molecule has 0 amide bonds. The second kappa shape index (κ2) is 8.40. The highest BCUT2D eigenvalue weighted by atomic mass is 16.5. The molecule has 3 saturated heterocycles. The summed E-state index contributed by atoms with van der Waals surface area (Å²) in [5.74, 6) is 0. The first kappa shape index (κ1) is 18.5. The number of piperidine rings is 1. The Morgan fingerprint density at radius 3 is 2.38 bits per heavy atom. The quantitative estimate of drug-likeness (QED) is 0.413. The second-order valence-corrected chi connectivity index (χ2v) is 7.95. The van der Waals surface area contributed by atoms with Crippen LogP contribution in [0.25, 0.3) is 0 Å². The predicted octanol–water partition coefficient (Wildman–Crippen LogP) is -3.69. The molecule has 7 heteroatoms. The summed E-state index contributed by atoms with van der Waals surface area (Å²) in [4.78, 5) is 6.31. The number of aliphatic hydroxyl groups excluding tert-OH is 2. The summed E-state index contributed by atoms with van der Waals surface area (Å²) in [5, 5.41) is 22.6. The Morgan fingerprint density at radius 2 is 1.79 bits per heavy atom. The van der Waals surface area contributed by atoms with Crippen LogP contribution < -0.4 is 10.2 Å². The molecule has 0 bridgehead atoms. The fourth-order valence-electron chi connectivity index (χ4n) is 4.62. The predicted molar refractivity (Wildman–Crippen MR) is 90.8 cm³/mol. The zero-order valence-electron chi connectivity index (χ0n) is 15.2. The lowest BCUT2D eigenvalue weighted by molar-refractivity contribution is -0.862. The number of likely N-dealkylation sites (N-methyl/N-ethyl adjacent to an activating group) is 1. The summed E-state index contributed by atoms with van der Waals surface area (Å²) in [6.45, 7) is 6.10. The molecule has 0 aromatic rings. The van der Waals surface area contributed by atoms with E-state index in [0.717, 1.165) is 32.7 Å². The average molecular weight is 345 g/mol. The molecule has 3 fully saturated rings. The Hall–Kier alpha value is -0.280. The molecule has 24 heavy (non-hydrogen) atoms. The van der Waals surface area contributed by atoms with Crippen LogP contribution in [0, 0.1) is 0 Å². The fraction of sp³-hybridized carbons (Fsp3) is 1.00. The number of nitrogens with two attached hydrogens (primary N) is 1. The molecular formula is C17H36N4O3+2. The van der Waals surface area contributed by atoms with Crippen molar-refractivity contribution < 1.29 is 25.2 Å². The molecule has 0 spiro atoms. The molecule has 0 saturated carbocycles. The maximum atomic E-state index is 10.6. The SMILES string of the molecule is C[NH+](C)CC1OC(CO)C(O)C1N1CCN(C2CCCC[NH2+]2)CC1. The van der Waals surface area contributed by atoms with Crippen LogP contribution in [0.2, 0.25) is 0 Å². The monoisotopic (exact) mass is 344 g/mol. The Labute approximate surface area is 145 Å². The van der Waals surface area contributed by atoms with Crippen molar-refractivity contribution in [3.63, 3.8) is 0 Å². The number of ether oxygens (including phenoxy) is 1. The van der Waals surface area contributed by atoms with Gasteiger partial charge >= 0.3 is 0 Å². The van der Waals surface area contributed by atoms with Gasteiger partial charge in [-0.15, -0.1) is 0 Å². The Kier molecular flexibility index (Phi) is 6.48. The third kappa shape index (κ3) is 4.09. The molecule has 0 aromatic carbocycles. The van der Waals surface area contributed by atoms with Crippen molar-refractivity contribution >= 4 is 0 Å². The molecule has 3 heterocycles. The van der Waals surface area contributed by atoms with Crippen molar-refractivity contribution in [2.24, 2.45) is 0 Å². The van der Waals surface area contributed by atoms with Gasteiger partial charge in [0.05, 0.1) is 33.3 Å². The summed E-state index contributed by atoms with van der Waals surface area (Å²) in [7, 11) is 4.21. The molecule has 5 N–H and O–H groups in total. The molecule has 7 nitrogen and oxygen atoms in total. The lowest BCUT2D eigenvalue weighted by Crippen LogP contribution is -3.07. The van der Waals surface area contributed by atoms with Gasteiger partial charge in [0, 0.05) is 32.6 Å². The number of hydrogen-bond acceptors (Lipinski definition) is 5. The van der Waals surface area contributed by atoms with Gasteiger partial charge in [-0.1, -0.05) is 0 Å². The second-order valence-electron chi connectivity index (χ2n) is 7.95. The van der Waals surface area contributed by atoms with E-state index in [4.69, 9.17) is 4.74 Å². The molecule has 0 aliphatic carbocycles. The molecule has 5 unspecified atom stereocenters. The van der Waals surface area contributed by atoms with Crippen molar-refractivity contribution in [2.45, 2.75) is 49.8 Å². The van der Waals surface area contributed by atoms with E-state index in [2.05, 4.69) is 29.2 Å². The van der Waals surface area contributed by atoms with Crippen LogP contribution in [0.1, 0.15) is 19.3 Å². The highest BCUT2D eigenvalue weighted by molar-refractivity contribution is 4.98. The number of hydrogen-bond donors (Lipinski definition) is 4. The number of nitrogens with one attached hydrogen (secondary N) is 1. The van der Waals surface area contributed by atoms with Crippen LogP contribution in [0.5, 0.6) is 0 Å². The minimum atomic E-state index is -0.591. The van der Waals surface area contributed by atoms with E-state index in [-0.39, 0.29) is 18.8 Å². The molecule has 3 aliphatic rings. The molecule has 0 aromatic heterocycles. The summed E-state index contributed by atoms with van der Waals surface area (Å²) < 4.78 is 5.96. The number of aliphatic hydroxyl groups is 2. The number of rotatable bonds is 5. The maximum Gasteiger partial charge on any atom is 0.142 e. The molecule has 3 aliphatic heterocycles. The van der Waals surface area contributed by atoms with Crippen LogP contribution >= 0.6 is 0 Å². The summed E-state index contributed by atoms with van der Waals surface area (Å²) in [5.41, 5.74) is 0. The summed E-state index contributed by atoms with van der Waals surface area (Å²) in [6, 6.07) is 0.00883. The minimum absolute atomic E-state index is 0.00468. The zero-order chi connectivity index (χ0) is 17.1. The van der Waals surface area contributed by atoms with Gasteiger partial charge in [-0.25, -0.2) is 0 Å². The Bertz CT molecular complexity index is 384. The van der Waals surface area contributed by atoms with E-state index in [1.165, 1.54) is 30.7 Å². The van der Waals surface area contributed by atoms with Crippen molar-refractivity contribution in [3.8, 4) is 0 Å². The van der Waals surface area contributed by atoms with E-state index in [1.807, 2.05) is 0 Å². The molecular weight excluding hydrogens is 308 g/mol. The Balaban J connectivity index is 1.58. The van der Waals surface area contributed by atoms with Gasteiger partial charge < -0.3 is 25.2 Å². The van der Waals surface area contributed by atoms with Crippen molar-refractivity contribution in [1.82, 2.24) is 9.80 Å². The van der Waals surface area contributed by atoms with Crippen LogP contribution in [-0.2, 0) is 4.74 Å². The van der Waals surface area contributed by atoms with Gasteiger partial charge in [-0.2, -0.15) is 0 Å². The standard InChI is InChI=1S/C17H34N4O3/c1-19(2)11-13-16(17(23)14(12-22)24-13)21-9-7-20(8-10-21)15-5-3-4-6-18-15/h13-18,22-23H,3-12H2,1-2H3/p+2. The van der Waals surface area contributed by atoms with Gasteiger partial charge in [0.15, 0.2) is 0 Å². The van der Waals surface area contributed by atoms with E-state index in [9.17, 15) is 10.2 Å². The van der Waals surface area contributed by atoms with E-state index >= 15 is 0 Å². The number of piperazine rings is 1. The smallest absolute Gasteiger partial charge is 0.142 e. The van der Waals surface area contributed by atoms with Crippen LogP contribution in [-0.4, -0.2) is 111 Å². The number of quaternary nitrogens is 2. The fourth-order valence-corrected chi connectivity index (χ4v) is 4.62. The molecule has 3 rings (SSSR count). The topological polar surface area (TPSA) is 77.2 Å². The van der Waals surface area contributed by atoms with Gasteiger partial charge in [-0.05, 0) is 12.8 Å². The summed E-state index contributed by atoms with van der Waals surface area (Å²) >= 11 is 0. The average Bonchev–Trinajstić information content (AvgIpc) is 2.90. The molecule has 5 atom stereocenters. The maximum absolute atomic E-state index is 10.6. The number of nitrogens with zero attached hydrogens (tertiary/aromatic N) is 2. The molecule has 0 radical (unpaired) electrons. The van der Waals surface area contributed by atoms with Crippen LogP contribution in [0.4, 0.5) is 0 Å². The Morgan fingerprint density at radius 1 is 1.08 bits per heavy atom. The van der Waals surface area contributed by atoms with Gasteiger partial charge in [0.25, 0.3) is 0 Å². The van der Waals surface area contributed by atoms with Gasteiger partial charge in [-0.3, -0.25) is 9.80 Å². The van der Waals surface area contributed by atoms with Gasteiger partial charge in [0.1, 0.15) is 31.0 Å². The lowest BCUT2D eigenvalue weighted by atomic mass is 10.0. The third-order valence-electron chi connectivity index (χ3n) is 5.88. The minimum Gasteiger partial charge on any atom is -0.394 e. The normalized spacial score (nSPS) is 39.6. The lowest BCUT2D eigenvalue weighted by Gasteiger charge is -2.42. The van der Waals surface area contributed by atoms with E-state index < -0.39 is 12.2 Å². The summed E-state index contributed by atoms with van der Waals surface area (Å²) in [6.07, 6.45) is 3.61. The third-order valence-corrected chi connectivity index (χ3v) is 5.88. The van der Waals surface area contributed by atoms with Crippen molar-refractivity contribution in [3.05, 3.63) is 0 Å². The largest absolute Gasteiger partial charge is 0.394 e. The van der Waals surface area contributed by atoms with E-state index in [0.29, 0.717) is 6.17 Å². The van der Waals surface area contributed by atoms with Crippen molar-refractivity contribution in [2.75, 3.05) is 60.0 Å². The first-order valence-corrected chi connectivity index (χ1v) is 9.65. The van der Waals surface area contributed by atoms with E-state index in [1.54, 1.807) is 0 Å². The molecule has 140 valence electrons. The van der Waals surface area contributed by atoms with Crippen LogP contribution in [0.3, 0.4) is 0 Å². The first-order chi connectivity index (χ1) is 11.6. The van der Waals surface area contributed by atoms with Crippen LogP contribution in [0.15, 0.2) is 0 Å². The van der Waals surface area contributed by atoms with Crippen molar-refractivity contribution in [1.29, 1.82) is 0 Å². The first-order valence-electron chi connectivity index (χ1n) is 9.65. The highest BCUT2D eigenvalue weighted by Crippen LogP contribution is 2.26. The highest BCUT2D eigenvalue weighted by Gasteiger charge is 2.48.